The second kappa shape index (κ2) is 9.25. The van der Waals surface area contributed by atoms with Gasteiger partial charge in [-0.1, -0.05) is 31.4 Å². The highest BCUT2D eigenvalue weighted by molar-refractivity contribution is 14.0. The SMILES string of the molecule is CCNC(=NCc1nc2ccccc2n1C)NC1CCCCC1.I. The van der Waals surface area contributed by atoms with E-state index in [1.807, 2.05) is 18.2 Å². The van der Waals surface area contributed by atoms with Crippen LogP contribution in [0.2, 0.25) is 0 Å². The molecule has 2 N–H and O–H groups in total. The van der Waals surface area contributed by atoms with E-state index in [9.17, 15) is 0 Å². The molecule has 0 atom stereocenters. The number of aryl methyl sites for hydroxylation is 1. The number of aliphatic imine (C=N–C) groups is 1. The fourth-order valence-electron chi connectivity index (χ4n) is 3.25. The summed E-state index contributed by atoms with van der Waals surface area (Å²) in [5.41, 5.74) is 2.19. The number of rotatable bonds is 4. The molecule has 1 aliphatic carbocycles. The van der Waals surface area contributed by atoms with E-state index in [0.29, 0.717) is 12.6 Å². The second-order valence-electron chi connectivity index (χ2n) is 6.25. The van der Waals surface area contributed by atoms with Gasteiger partial charge in [-0.25, -0.2) is 9.98 Å². The van der Waals surface area contributed by atoms with Crippen LogP contribution in [0.1, 0.15) is 44.9 Å². The zero-order chi connectivity index (χ0) is 16.1. The van der Waals surface area contributed by atoms with Gasteiger partial charge in [-0.3, -0.25) is 0 Å². The van der Waals surface area contributed by atoms with Gasteiger partial charge in [0.2, 0.25) is 0 Å². The van der Waals surface area contributed by atoms with Gasteiger partial charge in [0.1, 0.15) is 12.4 Å². The lowest BCUT2D eigenvalue weighted by molar-refractivity contribution is 0.410. The van der Waals surface area contributed by atoms with E-state index in [1.54, 1.807) is 0 Å². The highest BCUT2D eigenvalue weighted by Crippen LogP contribution is 2.17. The number of aromatic nitrogens is 2. The predicted molar refractivity (Wildman–Crippen MR) is 111 cm³/mol. The summed E-state index contributed by atoms with van der Waals surface area (Å²) in [5.74, 6) is 1.90. The lowest BCUT2D eigenvalue weighted by Crippen LogP contribution is -2.44. The molecular formula is C18H28IN5. The molecule has 0 saturated heterocycles. The fraction of sp³-hybridized carbons (Fsp3) is 0.556. The highest BCUT2D eigenvalue weighted by atomic mass is 127. The molecule has 0 radical (unpaired) electrons. The van der Waals surface area contributed by atoms with Crippen LogP contribution in [0.3, 0.4) is 0 Å². The lowest BCUT2D eigenvalue weighted by Gasteiger charge is -2.24. The summed E-state index contributed by atoms with van der Waals surface area (Å²) >= 11 is 0. The van der Waals surface area contributed by atoms with Gasteiger partial charge in [0.25, 0.3) is 0 Å². The summed E-state index contributed by atoms with van der Waals surface area (Å²) in [6, 6.07) is 8.78. The highest BCUT2D eigenvalue weighted by Gasteiger charge is 2.14. The van der Waals surface area contributed by atoms with E-state index in [2.05, 4.69) is 35.2 Å². The number of benzene rings is 1. The van der Waals surface area contributed by atoms with E-state index in [-0.39, 0.29) is 24.0 Å². The van der Waals surface area contributed by atoms with Gasteiger partial charge in [0.15, 0.2) is 5.96 Å². The van der Waals surface area contributed by atoms with Gasteiger partial charge in [-0.2, -0.15) is 0 Å². The largest absolute Gasteiger partial charge is 0.357 e. The third-order valence-electron chi connectivity index (χ3n) is 4.55. The van der Waals surface area contributed by atoms with Crippen molar-refractivity contribution >= 4 is 41.0 Å². The first-order valence-corrected chi connectivity index (χ1v) is 8.73. The van der Waals surface area contributed by atoms with Crippen molar-refractivity contribution in [2.75, 3.05) is 6.54 Å². The Morgan fingerprint density at radius 3 is 2.71 bits per heavy atom. The number of guanidine groups is 1. The van der Waals surface area contributed by atoms with Gasteiger partial charge in [-0.15, -0.1) is 24.0 Å². The Morgan fingerprint density at radius 1 is 1.25 bits per heavy atom. The smallest absolute Gasteiger partial charge is 0.191 e. The van der Waals surface area contributed by atoms with Crippen LogP contribution in [-0.4, -0.2) is 28.1 Å². The molecule has 0 bridgehead atoms. The monoisotopic (exact) mass is 441 g/mol. The normalized spacial score (nSPS) is 16.0. The van der Waals surface area contributed by atoms with Crippen LogP contribution < -0.4 is 10.6 Å². The van der Waals surface area contributed by atoms with Crippen LogP contribution in [0.5, 0.6) is 0 Å². The zero-order valence-electron chi connectivity index (χ0n) is 14.6. The Balaban J connectivity index is 0.00000208. The molecule has 1 saturated carbocycles. The Bertz CT molecular complexity index is 673. The van der Waals surface area contributed by atoms with Crippen molar-refractivity contribution < 1.29 is 0 Å². The molecule has 24 heavy (non-hydrogen) atoms. The average Bonchev–Trinajstić information content (AvgIpc) is 2.90. The minimum atomic E-state index is 0. The minimum Gasteiger partial charge on any atom is -0.357 e. The molecule has 2 aromatic rings. The van der Waals surface area contributed by atoms with Crippen LogP contribution in [0.4, 0.5) is 0 Å². The maximum atomic E-state index is 4.74. The zero-order valence-corrected chi connectivity index (χ0v) is 16.9. The number of para-hydroxylation sites is 2. The first kappa shape index (κ1) is 19.0. The molecular weight excluding hydrogens is 413 g/mol. The number of imidazole rings is 1. The molecule has 0 spiro atoms. The van der Waals surface area contributed by atoms with E-state index < -0.39 is 0 Å². The summed E-state index contributed by atoms with van der Waals surface area (Å²) < 4.78 is 2.13. The molecule has 132 valence electrons. The summed E-state index contributed by atoms with van der Waals surface area (Å²) in [5, 5.41) is 6.94. The quantitative estimate of drug-likeness (QED) is 0.433. The molecule has 5 nitrogen and oxygen atoms in total. The molecule has 0 amide bonds. The van der Waals surface area contributed by atoms with Crippen molar-refractivity contribution in [2.45, 2.75) is 51.6 Å². The van der Waals surface area contributed by atoms with Gasteiger partial charge in [0.05, 0.1) is 11.0 Å². The molecule has 1 aromatic carbocycles. The minimum absolute atomic E-state index is 0. The number of hydrogen-bond acceptors (Lipinski definition) is 2. The van der Waals surface area contributed by atoms with Gasteiger partial charge in [0, 0.05) is 19.6 Å². The van der Waals surface area contributed by atoms with Crippen LogP contribution in [-0.2, 0) is 13.6 Å². The maximum Gasteiger partial charge on any atom is 0.191 e. The molecule has 6 heteroatoms. The van der Waals surface area contributed by atoms with Crippen molar-refractivity contribution in [3.63, 3.8) is 0 Å². The summed E-state index contributed by atoms with van der Waals surface area (Å²) in [7, 11) is 2.06. The Morgan fingerprint density at radius 2 is 2.00 bits per heavy atom. The summed E-state index contributed by atoms with van der Waals surface area (Å²) in [6.07, 6.45) is 6.50. The third-order valence-corrected chi connectivity index (χ3v) is 4.55. The standard InChI is InChI=1S/C18H27N5.HI/c1-3-19-18(21-14-9-5-4-6-10-14)20-13-17-22-15-11-7-8-12-16(15)23(17)2;/h7-8,11-12,14H,3-6,9-10,13H2,1-2H3,(H2,19,20,21);1H. The molecule has 3 rings (SSSR count). The van der Waals surface area contributed by atoms with Gasteiger partial charge in [-0.05, 0) is 31.9 Å². The third kappa shape index (κ3) is 4.62. The van der Waals surface area contributed by atoms with Gasteiger partial charge >= 0.3 is 0 Å². The van der Waals surface area contributed by atoms with E-state index in [1.165, 1.54) is 32.1 Å². The lowest BCUT2D eigenvalue weighted by atomic mass is 9.96. The van der Waals surface area contributed by atoms with E-state index >= 15 is 0 Å². The molecule has 1 aliphatic rings. The Kier molecular flexibility index (Phi) is 7.33. The number of halogens is 1. The second-order valence-corrected chi connectivity index (χ2v) is 6.25. The predicted octanol–water partition coefficient (Wildman–Crippen LogP) is 3.58. The molecule has 1 aromatic heterocycles. The van der Waals surface area contributed by atoms with Crippen LogP contribution in [0, 0.1) is 0 Å². The van der Waals surface area contributed by atoms with Crippen molar-refractivity contribution in [3.05, 3.63) is 30.1 Å². The maximum absolute atomic E-state index is 4.74. The first-order chi connectivity index (χ1) is 11.3. The van der Waals surface area contributed by atoms with Gasteiger partial charge < -0.3 is 15.2 Å². The Labute approximate surface area is 161 Å². The number of fused-ring (bicyclic) bond motifs is 1. The number of hydrogen-bond donors (Lipinski definition) is 2. The molecule has 1 heterocycles. The average molecular weight is 441 g/mol. The summed E-state index contributed by atoms with van der Waals surface area (Å²) in [4.78, 5) is 9.44. The Hall–Kier alpha value is -1.31. The van der Waals surface area contributed by atoms with E-state index in [4.69, 9.17) is 9.98 Å². The number of nitrogens with one attached hydrogen (secondary N) is 2. The fourth-order valence-corrected chi connectivity index (χ4v) is 3.25. The summed E-state index contributed by atoms with van der Waals surface area (Å²) in [6.45, 7) is 3.57. The van der Waals surface area contributed by atoms with Crippen LogP contribution >= 0.6 is 24.0 Å². The molecule has 0 aliphatic heterocycles. The number of nitrogens with zero attached hydrogens (tertiary/aromatic N) is 3. The topological polar surface area (TPSA) is 54.2 Å². The van der Waals surface area contributed by atoms with E-state index in [0.717, 1.165) is 29.4 Å². The van der Waals surface area contributed by atoms with Crippen molar-refractivity contribution in [2.24, 2.45) is 12.0 Å². The molecule has 1 fully saturated rings. The van der Waals surface area contributed by atoms with Crippen molar-refractivity contribution in [1.29, 1.82) is 0 Å². The van der Waals surface area contributed by atoms with Crippen LogP contribution in [0.15, 0.2) is 29.3 Å². The van der Waals surface area contributed by atoms with Crippen molar-refractivity contribution in [3.8, 4) is 0 Å². The molecule has 0 unspecified atom stereocenters. The van der Waals surface area contributed by atoms with Crippen LogP contribution in [0.25, 0.3) is 11.0 Å². The van der Waals surface area contributed by atoms with Crippen molar-refractivity contribution in [1.82, 2.24) is 20.2 Å². The first-order valence-electron chi connectivity index (χ1n) is 8.73.